The van der Waals surface area contributed by atoms with Gasteiger partial charge in [-0.15, -0.1) is 0 Å². The van der Waals surface area contributed by atoms with Crippen molar-refractivity contribution < 1.29 is 9.32 Å². The van der Waals surface area contributed by atoms with E-state index >= 15 is 0 Å². The van der Waals surface area contributed by atoms with Crippen molar-refractivity contribution in [2.45, 2.75) is 51.6 Å². The summed E-state index contributed by atoms with van der Waals surface area (Å²) in [6, 6.07) is 0.497. The van der Waals surface area contributed by atoms with Crippen molar-refractivity contribution >= 4 is 5.91 Å². The molecular weight excluding hydrogens is 232 g/mol. The first-order valence-corrected chi connectivity index (χ1v) is 6.53. The lowest BCUT2D eigenvalue weighted by Crippen LogP contribution is -2.35. The van der Waals surface area contributed by atoms with Crippen LogP contribution in [0.5, 0.6) is 0 Å². The maximum atomic E-state index is 11.6. The summed E-state index contributed by atoms with van der Waals surface area (Å²) >= 11 is 0. The van der Waals surface area contributed by atoms with Crippen molar-refractivity contribution in [2.75, 3.05) is 6.54 Å². The Morgan fingerprint density at radius 1 is 1.56 bits per heavy atom. The lowest BCUT2D eigenvalue weighted by molar-refractivity contribution is -0.121. The highest BCUT2D eigenvalue weighted by molar-refractivity contribution is 5.75. The van der Waals surface area contributed by atoms with E-state index in [-0.39, 0.29) is 5.91 Å². The summed E-state index contributed by atoms with van der Waals surface area (Å²) < 4.78 is 4.83. The molecule has 6 heteroatoms. The Hall–Kier alpha value is -1.43. The van der Waals surface area contributed by atoms with Gasteiger partial charge in [-0.05, 0) is 25.8 Å². The molecule has 0 saturated carbocycles. The summed E-state index contributed by atoms with van der Waals surface area (Å²) in [4.78, 5) is 15.7. The Morgan fingerprint density at radius 2 is 2.44 bits per heavy atom. The minimum atomic E-state index is 0.0461. The van der Waals surface area contributed by atoms with Crippen LogP contribution in [0.4, 0.5) is 0 Å². The monoisotopic (exact) mass is 252 g/mol. The second kappa shape index (κ2) is 6.49. The molecule has 18 heavy (non-hydrogen) atoms. The van der Waals surface area contributed by atoms with Crippen LogP contribution in [0.2, 0.25) is 0 Å². The predicted molar refractivity (Wildman–Crippen MR) is 65.8 cm³/mol. The molecule has 2 heterocycles. The highest BCUT2D eigenvalue weighted by Crippen LogP contribution is 2.11. The number of nitrogens with zero attached hydrogens (tertiary/aromatic N) is 2. The van der Waals surface area contributed by atoms with Gasteiger partial charge in [0, 0.05) is 19.4 Å². The smallest absolute Gasteiger partial charge is 0.223 e. The molecule has 1 amide bonds. The van der Waals surface area contributed by atoms with E-state index in [0.717, 1.165) is 13.0 Å². The third-order valence-electron chi connectivity index (χ3n) is 3.15. The van der Waals surface area contributed by atoms with Crippen LogP contribution in [0.25, 0.3) is 0 Å². The van der Waals surface area contributed by atoms with E-state index in [0.29, 0.717) is 30.7 Å². The molecule has 1 aromatic heterocycles. The van der Waals surface area contributed by atoms with Gasteiger partial charge < -0.3 is 15.2 Å². The quantitative estimate of drug-likeness (QED) is 0.814. The average molecular weight is 252 g/mol. The van der Waals surface area contributed by atoms with Crippen LogP contribution in [-0.4, -0.2) is 28.6 Å². The summed E-state index contributed by atoms with van der Waals surface area (Å²) in [6.07, 6.45) is 5.14. The van der Waals surface area contributed by atoms with Gasteiger partial charge in [-0.3, -0.25) is 4.79 Å². The van der Waals surface area contributed by atoms with Crippen molar-refractivity contribution in [3.05, 3.63) is 11.7 Å². The molecular formula is C12H20N4O2. The normalized spacial score (nSPS) is 19.7. The molecule has 2 rings (SSSR count). The number of hydrogen-bond donors (Lipinski definition) is 2. The van der Waals surface area contributed by atoms with Gasteiger partial charge in [-0.2, -0.15) is 4.98 Å². The van der Waals surface area contributed by atoms with E-state index in [9.17, 15) is 4.79 Å². The minimum absolute atomic E-state index is 0.0461. The van der Waals surface area contributed by atoms with Crippen LogP contribution in [0, 0.1) is 6.92 Å². The summed E-state index contributed by atoms with van der Waals surface area (Å²) in [5, 5.41) is 9.96. The number of carbonyl (C=O) groups excluding carboxylic acids is 1. The van der Waals surface area contributed by atoms with Crippen molar-refractivity contribution in [3.63, 3.8) is 0 Å². The van der Waals surface area contributed by atoms with Gasteiger partial charge in [-0.1, -0.05) is 11.6 Å². The molecule has 1 aliphatic heterocycles. The molecule has 100 valence electrons. The van der Waals surface area contributed by atoms with Crippen LogP contribution < -0.4 is 10.6 Å². The average Bonchev–Trinajstić information content (AvgIpc) is 2.81. The topological polar surface area (TPSA) is 80.0 Å². The van der Waals surface area contributed by atoms with Gasteiger partial charge in [0.2, 0.25) is 11.8 Å². The van der Waals surface area contributed by atoms with Crippen molar-refractivity contribution in [1.82, 2.24) is 20.8 Å². The zero-order chi connectivity index (χ0) is 12.8. The molecule has 0 spiro atoms. The Labute approximate surface area is 107 Å². The predicted octanol–water partition coefficient (Wildman–Crippen LogP) is 0.917. The molecule has 1 aromatic rings. The van der Waals surface area contributed by atoms with Crippen LogP contribution >= 0.6 is 0 Å². The Balaban J connectivity index is 1.62. The minimum Gasteiger partial charge on any atom is -0.349 e. The third kappa shape index (κ3) is 4.10. The van der Waals surface area contributed by atoms with Crippen LogP contribution in [0.1, 0.15) is 43.8 Å². The van der Waals surface area contributed by atoms with E-state index in [2.05, 4.69) is 20.8 Å². The van der Waals surface area contributed by atoms with Gasteiger partial charge in [-0.25, -0.2) is 0 Å². The number of piperidine rings is 1. The summed E-state index contributed by atoms with van der Waals surface area (Å²) in [6.45, 7) is 3.15. The van der Waals surface area contributed by atoms with Gasteiger partial charge in [0.05, 0.1) is 6.54 Å². The molecule has 0 aliphatic carbocycles. The summed E-state index contributed by atoms with van der Waals surface area (Å²) in [5.74, 6) is 1.09. The number of carbonyl (C=O) groups is 1. The van der Waals surface area contributed by atoms with Crippen molar-refractivity contribution in [1.29, 1.82) is 0 Å². The van der Waals surface area contributed by atoms with Gasteiger partial charge >= 0.3 is 0 Å². The maximum Gasteiger partial charge on any atom is 0.223 e. The number of aryl methyl sites for hydroxylation is 1. The van der Waals surface area contributed by atoms with Crippen LogP contribution in [-0.2, 0) is 11.3 Å². The second-order valence-corrected chi connectivity index (χ2v) is 4.69. The highest BCUT2D eigenvalue weighted by atomic mass is 16.5. The Bertz CT molecular complexity index is 385. The fourth-order valence-corrected chi connectivity index (χ4v) is 2.15. The molecule has 6 nitrogen and oxygen atoms in total. The fourth-order valence-electron chi connectivity index (χ4n) is 2.15. The van der Waals surface area contributed by atoms with E-state index in [1.807, 2.05) is 0 Å². The van der Waals surface area contributed by atoms with E-state index in [1.54, 1.807) is 6.92 Å². The zero-order valence-electron chi connectivity index (χ0n) is 10.7. The molecule has 0 radical (unpaired) electrons. The van der Waals surface area contributed by atoms with Gasteiger partial charge in [0.15, 0.2) is 5.82 Å². The molecule has 1 atom stereocenters. The molecule has 1 saturated heterocycles. The largest absolute Gasteiger partial charge is 0.349 e. The van der Waals surface area contributed by atoms with Gasteiger partial charge in [0.1, 0.15) is 0 Å². The SMILES string of the molecule is Cc1nc(CNC(=O)CCC2CCCCN2)no1. The molecule has 1 aliphatic rings. The second-order valence-electron chi connectivity index (χ2n) is 4.69. The number of rotatable bonds is 5. The van der Waals surface area contributed by atoms with Gasteiger partial charge in [0.25, 0.3) is 0 Å². The first-order valence-electron chi connectivity index (χ1n) is 6.53. The maximum absolute atomic E-state index is 11.6. The van der Waals surface area contributed by atoms with E-state index in [1.165, 1.54) is 19.3 Å². The van der Waals surface area contributed by atoms with Crippen LogP contribution in [0.15, 0.2) is 4.52 Å². The molecule has 1 unspecified atom stereocenters. The highest BCUT2D eigenvalue weighted by Gasteiger charge is 2.14. The number of hydrogen-bond acceptors (Lipinski definition) is 5. The first-order chi connectivity index (χ1) is 8.74. The zero-order valence-corrected chi connectivity index (χ0v) is 10.7. The number of amides is 1. The molecule has 2 N–H and O–H groups in total. The first kappa shape index (κ1) is 13.0. The molecule has 0 aromatic carbocycles. The third-order valence-corrected chi connectivity index (χ3v) is 3.15. The summed E-state index contributed by atoms with van der Waals surface area (Å²) in [7, 11) is 0. The van der Waals surface area contributed by atoms with Crippen molar-refractivity contribution in [2.24, 2.45) is 0 Å². The number of nitrogens with one attached hydrogen (secondary N) is 2. The Morgan fingerprint density at radius 3 is 3.11 bits per heavy atom. The molecule has 0 bridgehead atoms. The van der Waals surface area contributed by atoms with E-state index < -0.39 is 0 Å². The standard InChI is InChI=1S/C12H20N4O2/c1-9-15-11(16-18-9)8-14-12(17)6-5-10-4-2-3-7-13-10/h10,13H,2-8H2,1H3,(H,14,17). The van der Waals surface area contributed by atoms with Crippen LogP contribution in [0.3, 0.4) is 0 Å². The fraction of sp³-hybridized carbons (Fsp3) is 0.750. The molecule has 1 fully saturated rings. The lowest BCUT2D eigenvalue weighted by atomic mass is 10.0. The summed E-state index contributed by atoms with van der Waals surface area (Å²) in [5.41, 5.74) is 0. The lowest BCUT2D eigenvalue weighted by Gasteiger charge is -2.22. The Kier molecular flexibility index (Phi) is 4.69. The number of aromatic nitrogens is 2. The van der Waals surface area contributed by atoms with Crippen molar-refractivity contribution in [3.8, 4) is 0 Å². The van der Waals surface area contributed by atoms with E-state index in [4.69, 9.17) is 4.52 Å².